The van der Waals surface area contributed by atoms with Crippen LogP contribution in [-0.2, 0) is 9.47 Å². The summed E-state index contributed by atoms with van der Waals surface area (Å²) in [4.78, 5) is 0. The Morgan fingerprint density at radius 1 is 1.33 bits per heavy atom. The Bertz CT molecular complexity index is 266. The van der Waals surface area contributed by atoms with Crippen LogP contribution in [0.2, 0.25) is 0 Å². The van der Waals surface area contributed by atoms with Crippen molar-refractivity contribution in [3.05, 3.63) is 0 Å². The molecule has 2 saturated carbocycles. The summed E-state index contributed by atoms with van der Waals surface area (Å²) in [6, 6.07) is 0. The summed E-state index contributed by atoms with van der Waals surface area (Å²) >= 11 is 0. The van der Waals surface area contributed by atoms with Gasteiger partial charge in [-0.1, -0.05) is 0 Å². The lowest BCUT2D eigenvalue weighted by atomic mass is 9.77. The van der Waals surface area contributed by atoms with Gasteiger partial charge in [0.15, 0.2) is 0 Å². The van der Waals surface area contributed by atoms with Crippen molar-refractivity contribution in [2.45, 2.75) is 44.6 Å². The molecule has 0 aromatic heterocycles. The van der Waals surface area contributed by atoms with Gasteiger partial charge >= 0.3 is 0 Å². The van der Waals surface area contributed by atoms with Crippen molar-refractivity contribution in [2.75, 3.05) is 33.4 Å². The minimum atomic E-state index is 0.538. The van der Waals surface area contributed by atoms with Crippen LogP contribution in [0.15, 0.2) is 0 Å². The molecule has 0 amide bonds. The maximum absolute atomic E-state index is 5.86. The van der Waals surface area contributed by atoms with Gasteiger partial charge in [-0.2, -0.15) is 0 Å². The van der Waals surface area contributed by atoms with Gasteiger partial charge < -0.3 is 14.8 Å². The van der Waals surface area contributed by atoms with Crippen molar-refractivity contribution < 1.29 is 9.47 Å². The molecular weight excluding hydrogens is 226 g/mol. The molecular formula is C15H27NO2. The molecule has 3 atom stereocenters. The molecule has 1 heterocycles. The van der Waals surface area contributed by atoms with E-state index >= 15 is 0 Å². The molecule has 0 aromatic carbocycles. The number of hydrogen-bond donors (Lipinski definition) is 1. The molecule has 0 radical (unpaired) electrons. The summed E-state index contributed by atoms with van der Waals surface area (Å²) in [5.74, 6) is 2.10. The Labute approximate surface area is 111 Å². The van der Waals surface area contributed by atoms with Gasteiger partial charge in [0.1, 0.15) is 0 Å². The van der Waals surface area contributed by atoms with Gasteiger partial charge in [0.05, 0.1) is 12.7 Å². The Kier molecular flexibility index (Phi) is 3.92. The van der Waals surface area contributed by atoms with Gasteiger partial charge in [-0.3, -0.25) is 0 Å². The van der Waals surface area contributed by atoms with Gasteiger partial charge in [0, 0.05) is 26.8 Å². The van der Waals surface area contributed by atoms with E-state index in [-0.39, 0.29) is 0 Å². The Hall–Kier alpha value is -0.120. The van der Waals surface area contributed by atoms with Crippen molar-refractivity contribution >= 4 is 0 Å². The quantitative estimate of drug-likeness (QED) is 0.706. The second-order valence-electron chi connectivity index (χ2n) is 6.67. The molecule has 3 unspecified atom stereocenters. The van der Waals surface area contributed by atoms with E-state index < -0.39 is 0 Å². The van der Waals surface area contributed by atoms with Crippen molar-refractivity contribution in [2.24, 2.45) is 17.3 Å². The summed E-state index contributed by atoms with van der Waals surface area (Å²) in [6.45, 7) is 3.97. The first-order chi connectivity index (χ1) is 8.81. The number of rotatable bonds is 7. The topological polar surface area (TPSA) is 30.5 Å². The summed E-state index contributed by atoms with van der Waals surface area (Å²) in [5.41, 5.74) is 0.538. The Balaban J connectivity index is 1.51. The smallest absolute Gasteiger partial charge is 0.0587 e. The summed E-state index contributed by atoms with van der Waals surface area (Å²) < 4.78 is 11.0. The largest absolute Gasteiger partial charge is 0.383 e. The highest BCUT2D eigenvalue weighted by atomic mass is 16.5. The van der Waals surface area contributed by atoms with E-state index in [4.69, 9.17) is 9.47 Å². The van der Waals surface area contributed by atoms with Gasteiger partial charge in [0.25, 0.3) is 0 Å². The number of ether oxygens (including phenoxy) is 2. The Morgan fingerprint density at radius 3 is 2.83 bits per heavy atom. The van der Waals surface area contributed by atoms with Crippen LogP contribution in [0.5, 0.6) is 0 Å². The maximum Gasteiger partial charge on any atom is 0.0587 e. The van der Waals surface area contributed by atoms with E-state index in [1.165, 1.54) is 45.1 Å². The maximum atomic E-state index is 5.86. The van der Waals surface area contributed by atoms with Crippen LogP contribution in [0, 0.1) is 17.3 Å². The van der Waals surface area contributed by atoms with Crippen molar-refractivity contribution in [3.63, 3.8) is 0 Å². The predicted molar refractivity (Wildman–Crippen MR) is 71.6 cm³/mol. The predicted octanol–water partition coefficient (Wildman–Crippen LogP) is 2.21. The zero-order valence-corrected chi connectivity index (χ0v) is 11.6. The standard InChI is InChI=1S/C15H27NO2/c1-17-6-4-16-11-15(8-12-7-13(12)9-15)10-14-3-2-5-18-14/h12-14,16H,2-11H2,1H3. The van der Waals surface area contributed by atoms with Crippen LogP contribution in [-0.4, -0.2) is 39.5 Å². The molecule has 0 bridgehead atoms. The Morgan fingerprint density at radius 2 is 2.17 bits per heavy atom. The highest BCUT2D eigenvalue weighted by molar-refractivity contribution is 5.05. The van der Waals surface area contributed by atoms with Crippen molar-refractivity contribution in [3.8, 4) is 0 Å². The van der Waals surface area contributed by atoms with Crippen LogP contribution in [0.1, 0.15) is 38.5 Å². The molecule has 3 fully saturated rings. The van der Waals surface area contributed by atoms with Gasteiger partial charge in [-0.15, -0.1) is 0 Å². The first-order valence-corrected chi connectivity index (χ1v) is 7.63. The lowest BCUT2D eigenvalue weighted by Gasteiger charge is -2.33. The minimum Gasteiger partial charge on any atom is -0.383 e. The molecule has 2 aliphatic carbocycles. The highest BCUT2D eigenvalue weighted by Crippen LogP contribution is 2.61. The number of fused-ring (bicyclic) bond motifs is 1. The molecule has 3 rings (SSSR count). The van der Waals surface area contributed by atoms with E-state index in [0.717, 1.165) is 31.6 Å². The molecule has 0 spiro atoms. The van der Waals surface area contributed by atoms with Crippen LogP contribution >= 0.6 is 0 Å². The molecule has 18 heavy (non-hydrogen) atoms. The molecule has 104 valence electrons. The SMILES string of the molecule is COCCNCC1(CC2CCCO2)CC2CC2C1. The van der Waals surface area contributed by atoms with Crippen LogP contribution in [0.3, 0.4) is 0 Å². The molecule has 1 saturated heterocycles. The van der Waals surface area contributed by atoms with E-state index in [1.807, 2.05) is 0 Å². The average molecular weight is 253 g/mol. The van der Waals surface area contributed by atoms with Crippen LogP contribution in [0.25, 0.3) is 0 Å². The van der Waals surface area contributed by atoms with Gasteiger partial charge in [-0.25, -0.2) is 0 Å². The van der Waals surface area contributed by atoms with E-state index in [0.29, 0.717) is 11.5 Å². The molecule has 3 nitrogen and oxygen atoms in total. The number of hydrogen-bond acceptors (Lipinski definition) is 3. The second-order valence-corrected chi connectivity index (χ2v) is 6.67. The van der Waals surface area contributed by atoms with Crippen molar-refractivity contribution in [1.82, 2.24) is 5.32 Å². The summed E-state index contributed by atoms with van der Waals surface area (Å²) in [5, 5.41) is 3.60. The summed E-state index contributed by atoms with van der Waals surface area (Å²) in [7, 11) is 1.77. The fourth-order valence-electron chi connectivity index (χ4n) is 4.21. The second kappa shape index (κ2) is 5.48. The van der Waals surface area contributed by atoms with E-state index in [2.05, 4.69) is 5.32 Å². The first kappa shape index (κ1) is 12.9. The van der Waals surface area contributed by atoms with Crippen LogP contribution in [0.4, 0.5) is 0 Å². The third-order valence-corrected chi connectivity index (χ3v) is 5.13. The van der Waals surface area contributed by atoms with E-state index in [1.54, 1.807) is 7.11 Å². The van der Waals surface area contributed by atoms with Gasteiger partial charge in [-0.05, 0) is 55.8 Å². The minimum absolute atomic E-state index is 0.538. The number of methoxy groups -OCH3 is 1. The molecule has 3 heteroatoms. The molecule has 0 aromatic rings. The number of nitrogens with one attached hydrogen (secondary N) is 1. The average Bonchev–Trinajstić information content (AvgIpc) is 2.81. The monoisotopic (exact) mass is 253 g/mol. The molecule has 3 aliphatic rings. The normalized spacial score (nSPS) is 42.2. The fourth-order valence-corrected chi connectivity index (χ4v) is 4.21. The van der Waals surface area contributed by atoms with Gasteiger partial charge in [0.2, 0.25) is 0 Å². The highest BCUT2D eigenvalue weighted by Gasteiger charge is 2.53. The summed E-state index contributed by atoms with van der Waals surface area (Å²) in [6.07, 6.45) is 8.78. The first-order valence-electron chi connectivity index (χ1n) is 7.63. The van der Waals surface area contributed by atoms with E-state index in [9.17, 15) is 0 Å². The molecule has 1 N–H and O–H groups in total. The van der Waals surface area contributed by atoms with Crippen molar-refractivity contribution in [1.29, 1.82) is 0 Å². The zero-order valence-electron chi connectivity index (χ0n) is 11.6. The zero-order chi connectivity index (χ0) is 12.4. The lowest BCUT2D eigenvalue weighted by Crippen LogP contribution is -2.37. The molecule has 1 aliphatic heterocycles. The third kappa shape index (κ3) is 2.89. The fraction of sp³-hybridized carbons (Fsp3) is 1.00. The lowest BCUT2D eigenvalue weighted by molar-refractivity contribution is 0.0563. The third-order valence-electron chi connectivity index (χ3n) is 5.13. The van der Waals surface area contributed by atoms with Crippen LogP contribution < -0.4 is 5.32 Å².